The van der Waals surface area contributed by atoms with Crippen LogP contribution in [0, 0.1) is 12.8 Å². The summed E-state index contributed by atoms with van der Waals surface area (Å²) in [5.74, 6) is 1.96. The Balaban J connectivity index is 1.53. The van der Waals surface area contributed by atoms with E-state index >= 15 is 0 Å². The lowest BCUT2D eigenvalue weighted by Gasteiger charge is -2.29. The van der Waals surface area contributed by atoms with Crippen LogP contribution in [0.3, 0.4) is 0 Å². The summed E-state index contributed by atoms with van der Waals surface area (Å²) in [5.41, 5.74) is 1.66. The molecule has 2 aliphatic rings. The van der Waals surface area contributed by atoms with Crippen molar-refractivity contribution in [3.8, 4) is 5.88 Å². The number of pyridine rings is 1. The molecule has 0 aromatic carbocycles. The largest absolute Gasteiger partial charge is 0.469 e. The Kier molecular flexibility index (Phi) is 4.99. The molecule has 5 nitrogen and oxygen atoms in total. The van der Waals surface area contributed by atoms with E-state index in [1.165, 1.54) is 25.1 Å². The quantitative estimate of drug-likeness (QED) is 0.767. The van der Waals surface area contributed by atoms with E-state index in [0.29, 0.717) is 17.3 Å². The maximum atomic E-state index is 12.7. The van der Waals surface area contributed by atoms with E-state index in [9.17, 15) is 13.2 Å². The minimum Gasteiger partial charge on any atom is -0.469 e. The molecule has 0 N–H and O–H groups in total. The molecule has 1 aliphatic heterocycles. The molecule has 2 aromatic heterocycles. The van der Waals surface area contributed by atoms with E-state index < -0.39 is 18.0 Å². The second kappa shape index (κ2) is 7.31. The van der Waals surface area contributed by atoms with E-state index in [0.717, 1.165) is 49.3 Å². The van der Waals surface area contributed by atoms with Gasteiger partial charge >= 0.3 is 6.18 Å². The monoisotopic (exact) mass is 392 g/mol. The molecule has 2 aromatic rings. The van der Waals surface area contributed by atoms with Gasteiger partial charge in [-0.2, -0.15) is 18.2 Å². The van der Waals surface area contributed by atoms with Gasteiger partial charge in [0.1, 0.15) is 17.6 Å². The van der Waals surface area contributed by atoms with Crippen molar-refractivity contribution in [3.63, 3.8) is 0 Å². The fourth-order valence-corrected chi connectivity index (χ4v) is 3.53. The smallest absolute Gasteiger partial charge is 0.433 e. The van der Waals surface area contributed by atoms with Crippen LogP contribution in [0.2, 0.25) is 0 Å². The minimum atomic E-state index is -4.45. The van der Waals surface area contributed by atoms with Crippen molar-refractivity contribution in [2.24, 2.45) is 5.92 Å². The fourth-order valence-electron chi connectivity index (χ4n) is 3.53. The van der Waals surface area contributed by atoms with E-state index in [-0.39, 0.29) is 0 Å². The number of hydrogen-bond acceptors (Lipinski definition) is 5. The first-order chi connectivity index (χ1) is 13.3. The average Bonchev–Trinajstić information content (AvgIpc) is 3.45. The van der Waals surface area contributed by atoms with Crippen molar-refractivity contribution >= 4 is 0 Å². The normalized spacial score (nSPS) is 18.6. The molecule has 1 fully saturated rings. The highest BCUT2D eigenvalue weighted by Gasteiger charge is 2.32. The van der Waals surface area contributed by atoms with Gasteiger partial charge in [-0.25, -0.2) is 4.98 Å². The van der Waals surface area contributed by atoms with Gasteiger partial charge in [0.05, 0.1) is 5.69 Å². The van der Waals surface area contributed by atoms with Gasteiger partial charge in [0.25, 0.3) is 0 Å². The van der Waals surface area contributed by atoms with Crippen LogP contribution in [0.5, 0.6) is 5.88 Å². The van der Waals surface area contributed by atoms with Crippen LogP contribution in [0.25, 0.3) is 0 Å². The van der Waals surface area contributed by atoms with E-state index in [1.54, 1.807) is 6.92 Å². The maximum Gasteiger partial charge on any atom is 0.433 e. The van der Waals surface area contributed by atoms with Gasteiger partial charge in [-0.05, 0) is 38.7 Å². The second-order valence-corrected chi connectivity index (χ2v) is 7.66. The highest BCUT2D eigenvalue weighted by molar-refractivity contribution is 5.34. The summed E-state index contributed by atoms with van der Waals surface area (Å²) in [6, 6.07) is 2.38. The fraction of sp³-hybridized carbons (Fsp3) is 0.550. The number of fused-ring (bicyclic) bond motifs is 1. The van der Waals surface area contributed by atoms with E-state index in [4.69, 9.17) is 4.74 Å². The van der Waals surface area contributed by atoms with Crippen molar-refractivity contribution in [2.45, 2.75) is 51.9 Å². The van der Waals surface area contributed by atoms with Gasteiger partial charge in [0.2, 0.25) is 5.88 Å². The molecule has 3 heterocycles. The molecule has 1 aliphatic carbocycles. The van der Waals surface area contributed by atoms with Gasteiger partial charge in [0, 0.05) is 43.4 Å². The molecule has 0 saturated heterocycles. The highest BCUT2D eigenvalue weighted by atomic mass is 19.4. The predicted octanol–water partition coefficient (Wildman–Crippen LogP) is 4.11. The zero-order chi connectivity index (χ0) is 19.9. The maximum absolute atomic E-state index is 12.7. The van der Waals surface area contributed by atoms with Crippen molar-refractivity contribution in [1.82, 2.24) is 19.9 Å². The Hall–Kier alpha value is -2.22. The molecular formula is C20H23F3N4O. The summed E-state index contributed by atoms with van der Waals surface area (Å²) in [6.07, 6.45) is -0.238. The van der Waals surface area contributed by atoms with Gasteiger partial charge in [-0.1, -0.05) is 6.07 Å². The molecule has 28 heavy (non-hydrogen) atoms. The lowest BCUT2D eigenvalue weighted by Crippen LogP contribution is -2.33. The van der Waals surface area contributed by atoms with Crippen molar-refractivity contribution in [1.29, 1.82) is 0 Å². The third-order valence-corrected chi connectivity index (χ3v) is 5.26. The summed E-state index contributed by atoms with van der Waals surface area (Å²) in [4.78, 5) is 15.0. The first-order valence-corrected chi connectivity index (χ1v) is 9.58. The number of hydrogen-bond donors (Lipinski definition) is 0. The third kappa shape index (κ3) is 4.27. The number of halogens is 3. The Morgan fingerprint density at radius 3 is 2.68 bits per heavy atom. The van der Waals surface area contributed by atoms with Crippen LogP contribution in [-0.4, -0.2) is 32.9 Å². The van der Waals surface area contributed by atoms with Crippen molar-refractivity contribution in [2.75, 3.05) is 13.1 Å². The van der Waals surface area contributed by atoms with E-state index in [2.05, 4.69) is 19.9 Å². The molecule has 1 atom stereocenters. The Labute approximate surface area is 162 Å². The Morgan fingerprint density at radius 1 is 1.25 bits per heavy atom. The van der Waals surface area contributed by atoms with Crippen LogP contribution in [0.15, 0.2) is 18.3 Å². The molecule has 0 spiro atoms. The SMILES string of the molecule is Cc1nc2c(c(OC(C)c3ccc(C(F)(F)F)nc3)n1)CN(CC1CC1)CC2. The second-order valence-electron chi connectivity index (χ2n) is 7.66. The molecule has 0 amide bonds. The Morgan fingerprint density at radius 2 is 2.04 bits per heavy atom. The third-order valence-electron chi connectivity index (χ3n) is 5.26. The average molecular weight is 392 g/mol. The zero-order valence-corrected chi connectivity index (χ0v) is 16.0. The van der Waals surface area contributed by atoms with Gasteiger partial charge in [0.15, 0.2) is 0 Å². The molecular weight excluding hydrogens is 369 g/mol. The number of ether oxygens (including phenoxy) is 1. The topological polar surface area (TPSA) is 51.1 Å². The van der Waals surface area contributed by atoms with Crippen molar-refractivity contribution < 1.29 is 17.9 Å². The van der Waals surface area contributed by atoms with Crippen LogP contribution >= 0.6 is 0 Å². The van der Waals surface area contributed by atoms with Gasteiger partial charge in [-0.15, -0.1) is 0 Å². The summed E-state index contributed by atoms with van der Waals surface area (Å²) >= 11 is 0. The summed E-state index contributed by atoms with van der Waals surface area (Å²) in [6.45, 7) is 6.44. The first-order valence-electron chi connectivity index (χ1n) is 9.58. The molecule has 1 saturated carbocycles. The Bertz CT molecular complexity index is 850. The van der Waals surface area contributed by atoms with Gasteiger partial charge < -0.3 is 4.74 Å². The minimum absolute atomic E-state index is 0.466. The number of rotatable bonds is 5. The van der Waals surface area contributed by atoms with Crippen LogP contribution in [-0.2, 0) is 19.1 Å². The molecule has 150 valence electrons. The lowest BCUT2D eigenvalue weighted by molar-refractivity contribution is -0.141. The highest BCUT2D eigenvalue weighted by Crippen LogP contribution is 2.34. The van der Waals surface area contributed by atoms with Crippen LogP contribution < -0.4 is 4.74 Å². The van der Waals surface area contributed by atoms with Gasteiger partial charge in [-0.3, -0.25) is 9.88 Å². The molecule has 0 radical (unpaired) electrons. The standard InChI is InChI=1S/C20H23F3N4O/c1-12(15-5-6-18(24-9-15)20(21,22)23)28-19-16-11-27(10-14-3-4-14)8-7-17(16)25-13(2)26-19/h5-6,9,12,14H,3-4,7-8,10-11H2,1-2H3. The molecule has 1 unspecified atom stereocenters. The molecule has 8 heteroatoms. The number of aryl methyl sites for hydroxylation is 1. The molecule has 4 rings (SSSR count). The number of aromatic nitrogens is 3. The molecule has 0 bridgehead atoms. The lowest BCUT2D eigenvalue weighted by atomic mass is 10.1. The zero-order valence-electron chi connectivity index (χ0n) is 16.0. The number of nitrogens with zero attached hydrogens (tertiary/aromatic N) is 4. The predicted molar refractivity (Wildman–Crippen MR) is 96.8 cm³/mol. The summed E-state index contributed by atoms with van der Waals surface area (Å²) < 4.78 is 44.2. The summed E-state index contributed by atoms with van der Waals surface area (Å²) in [7, 11) is 0. The van der Waals surface area contributed by atoms with Crippen molar-refractivity contribution in [3.05, 3.63) is 46.7 Å². The van der Waals surface area contributed by atoms with Crippen LogP contribution in [0.4, 0.5) is 13.2 Å². The van der Waals surface area contributed by atoms with E-state index in [1.807, 2.05) is 6.92 Å². The number of alkyl halides is 3. The van der Waals surface area contributed by atoms with Crippen LogP contribution in [0.1, 0.15) is 54.2 Å². The summed E-state index contributed by atoms with van der Waals surface area (Å²) in [5, 5.41) is 0. The first kappa shape index (κ1) is 19.1.